The number of piperidine rings is 1. The van der Waals surface area contributed by atoms with Crippen molar-refractivity contribution in [2.75, 3.05) is 26.8 Å². The predicted molar refractivity (Wildman–Crippen MR) is 95.0 cm³/mol. The number of ether oxygens (including phenoxy) is 2. The highest BCUT2D eigenvalue weighted by Crippen LogP contribution is 2.20. The van der Waals surface area contributed by atoms with Gasteiger partial charge < -0.3 is 18.9 Å². The molecular weight excluding hydrogens is 377 g/mol. The maximum atomic E-state index is 13.2. The highest BCUT2D eigenvalue weighted by molar-refractivity contribution is 6.31. The van der Waals surface area contributed by atoms with Crippen molar-refractivity contribution in [1.29, 1.82) is 0 Å². The number of hydrogen-bond donors (Lipinski definition) is 0. The molecule has 0 atom stereocenters. The molecule has 146 valence electrons. The Hall–Kier alpha value is -2.03. The summed E-state index contributed by atoms with van der Waals surface area (Å²) >= 11 is 5.76. The van der Waals surface area contributed by atoms with Gasteiger partial charge in [-0.25, -0.2) is 4.39 Å². The van der Waals surface area contributed by atoms with Crippen LogP contribution in [0.5, 0.6) is 0 Å². The van der Waals surface area contributed by atoms with Crippen LogP contribution in [0.4, 0.5) is 4.39 Å². The van der Waals surface area contributed by atoms with E-state index in [9.17, 15) is 9.18 Å². The van der Waals surface area contributed by atoms with E-state index in [2.05, 4.69) is 10.1 Å². The number of hydrogen-bond acceptors (Lipinski definition) is 6. The normalized spacial score (nSPS) is 15.3. The van der Waals surface area contributed by atoms with Gasteiger partial charge in [-0.05, 0) is 31.0 Å². The summed E-state index contributed by atoms with van der Waals surface area (Å²) in [7, 11) is 1.62. The smallest absolute Gasteiger partial charge is 0.253 e. The summed E-state index contributed by atoms with van der Waals surface area (Å²) in [5.41, 5.74) is 0.384. The molecule has 1 fully saturated rings. The average Bonchev–Trinajstić information content (AvgIpc) is 3.14. The molecule has 2 heterocycles. The summed E-state index contributed by atoms with van der Waals surface area (Å²) < 4.78 is 29.2. The molecule has 1 aromatic heterocycles. The van der Waals surface area contributed by atoms with E-state index in [0.717, 1.165) is 0 Å². The number of amides is 1. The maximum absolute atomic E-state index is 13.2. The molecule has 7 nitrogen and oxygen atoms in total. The molecular formula is C18H21ClFN3O4. The molecule has 1 aliphatic rings. The zero-order valence-corrected chi connectivity index (χ0v) is 15.7. The van der Waals surface area contributed by atoms with Crippen LogP contribution in [0.3, 0.4) is 0 Å². The van der Waals surface area contributed by atoms with E-state index in [1.54, 1.807) is 12.0 Å². The lowest BCUT2D eigenvalue weighted by atomic mass is 10.1. The Morgan fingerprint density at radius 3 is 2.89 bits per heavy atom. The quantitative estimate of drug-likeness (QED) is 0.715. The molecule has 0 unspecified atom stereocenters. The first-order valence-electron chi connectivity index (χ1n) is 8.73. The van der Waals surface area contributed by atoms with Gasteiger partial charge >= 0.3 is 0 Å². The van der Waals surface area contributed by atoms with Gasteiger partial charge in [0.1, 0.15) is 12.4 Å². The molecule has 0 N–H and O–H groups in total. The Bertz CT molecular complexity index is 778. The molecule has 1 aromatic carbocycles. The fraction of sp³-hybridized carbons (Fsp3) is 0.500. The topological polar surface area (TPSA) is 77.7 Å². The zero-order valence-electron chi connectivity index (χ0n) is 15.0. The third-order valence-corrected chi connectivity index (χ3v) is 4.67. The monoisotopic (exact) mass is 397 g/mol. The molecule has 0 bridgehead atoms. The fourth-order valence-electron chi connectivity index (χ4n) is 2.87. The molecule has 9 heteroatoms. The number of likely N-dealkylation sites (tertiary alicyclic amines) is 1. The Labute approximate surface area is 161 Å². The predicted octanol–water partition coefficient (Wildman–Crippen LogP) is 2.87. The minimum atomic E-state index is -0.535. The molecule has 0 spiro atoms. The molecule has 1 saturated heterocycles. The first-order valence-corrected chi connectivity index (χ1v) is 9.11. The van der Waals surface area contributed by atoms with Crippen LogP contribution in [0.1, 0.15) is 34.9 Å². The van der Waals surface area contributed by atoms with E-state index in [-0.39, 0.29) is 23.6 Å². The molecule has 2 aromatic rings. The Morgan fingerprint density at radius 1 is 1.41 bits per heavy atom. The van der Waals surface area contributed by atoms with Crippen LogP contribution in [-0.4, -0.2) is 53.9 Å². The van der Waals surface area contributed by atoms with Crippen molar-refractivity contribution in [3.8, 4) is 0 Å². The average molecular weight is 398 g/mol. The number of rotatable bonds is 7. The van der Waals surface area contributed by atoms with E-state index in [4.69, 9.17) is 25.6 Å². The van der Waals surface area contributed by atoms with Crippen LogP contribution >= 0.6 is 11.6 Å². The van der Waals surface area contributed by atoms with Crippen molar-refractivity contribution in [1.82, 2.24) is 15.0 Å². The number of benzene rings is 1. The van der Waals surface area contributed by atoms with Gasteiger partial charge in [0.15, 0.2) is 5.82 Å². The first-order chi connectivity index (χ1) is 13.1. The molecule has 27 heavy (non-hydrogen) atoms. The fourth-order valence-corrected chi connectivity index (χ4v) is 3.05. The van der Waals surface area contributed by atoms with Crippen molar-refractivity contribution in [2.24, 2.45) is 0 Å². The van der Waals surface area contributed by atoms with Gasteiger partial charge in [-0.3, -0.25) is 4.79 Å². The number of carbonyl (C=O) groups excluding carboxylic acids is 1. The number of halogens is 2. The lowest BCUT2D eigenvalue weighted by Crippen LogP contribution is -2.40. The van der Waals surface area contributed by atoms with Crippen molar-refractivity contribution < 1.29 is 23.2 Å². The minimum Gasteiger partial charge on any atom is -0.384 e. The molecule has 0 aliphatic carbocycles. The van der Waals surface area contributed by atoms with E-state index in [1.807, 2.05) is 0 Å². The number of aromatic nitrogens is 2. The Balaban J connectivity index is 1.45. The second-order valence-corrected chi connectivity index (χ2v) is 6.69. The second-order valence-electron chi connectivity index (χ2n) is 6.28. The summed E-state index contributed by atoms with van der Waals surface area (Å²) in [5.74, 6) is 0.330. The van der Waals surface area contributed by atoms with Gasteiger partial charge in [-0.2, -0.15) is 4.98 Å². The van der Waals surface area contributed by atoms with Gasteiger partial charge in [-0.1, -0.05) is 16.8 Å². The largest absolute Gasteiger partial charge is 0.384 e. The lowest BCUT2D eigenvalue weighted by molar-refractivity contribution is -0.00978. The van der Waals surface area contributed by atoms with Crippen LogP contribution in [-0.2, 0) is 22.5 Å². The molecule has 1 aliphatic heterocycles. The van der Waals surface area contributed by atoms with E-state index in [1.165, 1.54) is 18.2 Å². The van der Waals surface area contributed by atoms with Crippen LogP contribution < -0.4 is 0 Å². The number of methoxy groups -OCH3 is 1. The van der Waals surface area contributed by atoms with E-state index < -0.39 is 5.82 Å². The van der Waals surface area contributed by atoms with Gasteiger partial charge in [0, 0.05) is 32.2 Å². The van der Waals surface area contributed by atoms with Gasteiger partial charge in [0.25, 0.3) is 11.8 Å². The van der Waals surface area contributed by atoms with Crippen molar-refractivity contribution >= 4 is 17.5 Å². The Morgan fingerprint density at radius 2 is 2.19 bits per heavy atom. The molecule has 0 saturated carbocycles. The van der Waals surface area contributed by atoms with Crippen molar-refractivity contribution in [3.05, 3.63) is 46.3 Å². The summed E-state index contributed by atoms with van der Waals surface area (Å²) in [6, 6.07) is 4.01. The van der Waals surface area contributed by atoms with Crippen molar-refractivity contribution in [3.63, 3.8) is 0 Å². The summed E-state index contributed by atoms with van der Waals surface area (Å²) in [5, 5.41) is 3.81. The van der Waals surface area contributed by atoms with Crippen LogP contribution in [0.25, 0.3) is 0 Å². The summed E-state index contributed by atoms with van der Waals surface area (Å²) in [4.78, 5) is 18.5. The van der Waals surface area contributed by atoms with Crippen LogP contribution in [0.2, 0.25) is 5.02 Å². The third-order valence-electron chi connectivity index (χ3n) is 4.38. The third kappa shape index (κ3) is 5.24. The van der Waals surface area contributed by atoms with Gasteiger partial charge in [-0.15, -0.1) is 0 Å². The Kier molecular flexibility index (Phi) is 6.76. The zero-order chi connectivity index (χ0) is 19.2. The standard InChI is InChI=1S/C18H21ClFN3O4/c1-25-9-6-16-21-17(27-22-16)11-26-13-4-7-23(8-5-13)18(24)12-2-3-15(20)14(19)10-12/h2-3,10,13H,4-9,11H2,1H3. The highest BCUT2D eigenvalue weighted by atomic mass is 35.5. The second kappa shape index (κ2) is 9.25. The molecule has 0 radical (unpaired) electrons. The van der Waals surface area contributed by atoms with Crippen LogP contribution in [0, 0.1) is 5.82 Å². The van der Waals surface area contributed by atoms with Gasteiger partial charge in [0.05, 0.1) is 17.7 Å². The first kappa shape index (κ1) is 19.7. The molecule has 1 amide bonds. The van der Waals surface area contributed by atoms with E-state index in [0.29, 0.717) is 56.2 Å². The van der Waals surface area contributed by atoms with E-state index >= 15 is 0 Å². The summed E-state index contributed by atoms with van der Waals surface area (Å²) in [6.07, 6.45) is 2.00. The number of nitrogens with zero attached hydrogens (tertiary/aromatic N) is 3. The lowest BCUT2D eigenvalue weighted by Gasteiger charge is -2.31. The van der Waals surface area contributed by atoms with Gasteiger partial charge in [0.2, 0.25) is 0 Å². The van der Waals surface area contributed by atoms with Crippen molar-refractivity contribution in [2.45, 2.75) is 32.0 Å². The SMILES string of the molecule is COCCc1noc(COC2CCN(C(=O)c3ccc(F)c(Cl)c3)CC2)n1. The maximum Gasteiger partial charge on any atom is 0.253 e. The number of carbonyl (C=O) groups is 1. The van der Waals surface area contributed by atoms with Crippen LogP contribution in [0.15, 0.2) is 22.7 Å². The summed E-state index contributed by atoms with van der Waals surface area (Å²) in [6.45, 7) is 1.89. The minimum absolute atomic E-state index is 0.0141. The highest BCUT2D eigenvalue weighted by Gasteiger charge is 2.25. The molecule has 3 rings (SSSR count).